The fourth-order valence-electron chi connectivity index (χ4n) is 2.46. The smallest absolute Gasteiger partial charge is 0.171 e. The Morgan fingerprint density at radius 1 is 1.09 bits per heavy atom. The van der Waals surface area contributed by atoms with E-state index in [0.29, 0.717) is 16.7 Å². The van der Waals surface area contributed by atoms with Gasteiger partial charge in [0.05, 0.1) is 11.7 Å². The molecule has 2 rings (SSSR count). The minimum absolute atomic E-state index is 0.0766. The van der Waals surface area contributed by atoms with Gasteiger partial charge in [-0.3, -0.25) is 0 Å². The molecule has 0 aromatic heterocycles. The molecule has 0 fully saturated rings. The Labute approximate surface area is 143 Å². The lowest BCUT2D eigenvalue weighted by Crippen LogP contribution is -2.35. The van der Waals surface area contributed by atoms with Crippen molar-refractivity contribution in [3.8, 4) is 0 Å². The van der Waals surface area contributed by atoms with Gasteiger partial charge in [0.2, 0.25) is 0 Å². The van der Waals surface area contributed by atoms with E-state index in [-0.39, 0.29) is 11.9 Å². The Kier molecular flexibility index (Phi) is 6.11. The maximum Gasteiger partial charge on any atom is 0.171 e. The van der Waals surface area contributed by atoms with Crippen molar-refractivity contribution in [1.29, 1.82) is 0 Å². The molecule has 2 N–H and O–H groups in total. The second-order valence-electron chi connectivity index (χ2n) is 5.90. The predicted octanol–water partition coefficient (Wildman–Crippen LogP) is 5.07. The van der Waals surface area contributed by atoms with Gasteiger partial charge in [-0.1, -0.05) is 57.2 Å². The Morgan fingerprint density at radius 2 is 1.74 bits per heavy atom. The van der Waals surface area contributed by atoms with Crippen LogP contribution in [-0.2, 0) is 6.42 Å². The minimum Gasteiger partial charge on any atom is -0.355 e. The molecule has 2 aromatic rings. The van der Waals surface area contributed by atoms with Crippen LogP contribution in [0.2, 0.25) is 0 Å². The molecule has 0 radical (unpaired) electrons. The summed E-state index contributed by atoms with van der Waals surface area (Å²) in [6.07, 6.45) is 1.02. The van der Waals surface area contributed by atoms with Crippen molar-refractivity contribution in [3.63, 3.8) is 0 Å². The molecule has 0 heterocycles. The zero-order valence-corrected chi connectivity index (χ0v) is 14.6. The van der Waals surface area contributed by atoms with E-state index in [4.69, 9.17) is 12.2 Å². The lowest BCUT2D eigenvalue weighted by molar-refractivity contribution is 0.473. The summed E-state index contributed by atoms with van der Waals surface area (Å²) in [5, 5.41) is 6.66. The van der Waals surface area contributed by atoms with Gasteiger partial charge in [0.25, 0.3) is 0 Å². The Bertz CT molecular complexity index is 653. The molecule has 23 heavy (non-hydrogen) atoms. The summed E-state index contributed by atoms with van der Waals surface area (Å²) >= 11 is 5.35. The Hall–Kier alpha value is -1.94. The Balaban J connectivity index is 2.09. The molecule has 0 aliphatic carbocycles. The second kappa shape index (κ2) is 8.06. The molecular formula is C19H23FN2S. The average molecular weight is 330 g/mol. The van der Waals surface area contributed by atoms with Crippen LogP contribution in [0.1, 0.15) is 37.9 Å². The SMILES string of the molecule is CCc1ccc([C@H](NC(=S)Nc2ccccc2F)C(C)C)cc1. The maximum absolute atomic E-state index is 13.7. The molecule has 0 amide bonds. The summed E-state index contributed by atoms with van der Waals surface area (Å²) in [7, 11) is 0. The molecule has 0 aliphatic heterocycles. The van der Waals surface area contributed by atoms with Crippen LogP contribution in [0.15, 0.2) is 48.5 Å². The third kappa shape index (κ3) is 4.76. The fourth-order valence-corrected chi connectivity index (χ4v) is 2.69. The maximum atomic E-state index is 13.7. The largest absolute Gasteiger partial charge is 0.355 e. The van der Waals surface area contributed by atoms with Crippen molar-refractivity contribution in [2.24, 2.45) is 5.92 Å². The van der Waals surface area contributed by atoms with Gasteiger partial charge in [-0.15, -0.1) is 0 Å². The van der Waals surface area contributed by atoms with Gasteiger partial charge in [-0.05, 0) is 47.8 Å². The molecule has 122 valence electrons. The van der Waals surface area contributed by atoms with Crippen LogP contribution < -0.4 is 10.6 Å². The summed E-state index contributed by atoms with van der Waals surface area (Å²) in [5.41, 5.74) is 2.87. The molecule has 0 spiro atoms. The lowest BCUT2D eigenvalue weighted by Gasteiger charge is -2.25. The van der Waals surface area contributed by atoms with Crippen LogP contribution in [0.25, 0.3) is 0 Å². The first-order valence-electron chi connectivity index (χ1n) is 7.92. The molecule has 0 bridgehead atoms. The van der Waals surface area contributed by atoms with Crippen molar-refractivity contribution >= 4 is 23.0 Å². The first-order chi connectivity index (χ1) is 11.0. The van der Waals surface area contributed by atoms with Crippen LogP contribution in [-0.4, -0.2) is 5.11 Å². The quantitative estimate of drug-likeness (QED) is 0.748. The normalized spacial score (nSPS) is 12.0. The molecule has 0 unspecified atom stereocenters. The number of hydrogen-bond donors (Lipinski definition) is 2. The van der Waals surface area contributed by atoms with E-state index in [0.717, 1.165) is 6.42 Å². The topological polar surface area (TPSA) is 24.1 Å². The molecule has 4 heteroatoms. The summed E-state index contributed by atoms with van der Waals surface area (Å²) < 4.78 is 13.7. The van der Waals surface area contributed by atoms with Crippen LogP contribution in [0.4, 0.5) is 10.1 Å². The number of thiocarbonyl (C=S) groups is 1. The van der Waals surface area contributed by atoms with Crippen molar-refractivity contribution in [3.05, 3.63) is 65.5 Å². The number of aryl methyl sites for hydroxylation is 1. The van der Waals surface area contributed by atoms with Crippen molar-refractivity contribution in [2.45, 2.75) is 33.2 Å². The van der Waals surface area contributed by atoms with Crippen molar-refractivity contribution < 1.29 is 4.39 Å². The van der Waals surface area contributed by atoms with Crippen LogP contribution >= 0.6 is 12.2 Å². The van der Waals surface area contributed by atoms with Gasteiger partial charge < -0.3 is 10.6 Å². The third-order valence-electron chi connectivity index (χ3n) is 3.82. The van der Waals surface area contributed by atoms with E-state index in [2.05, 4.69) is 55.7 Å². The summed E-state index contributed by atoms with van der Waals surface area (Å²) in [4.78, 5) is 0. The molecule has 0 aliphatic rings. The van der Waals surface area contributed by atoms with Crippen molar-refractivity contribution in [2.75, 3.05) is 5.32 Å². The Morgan fingerprint density at radius 3 is 2.30 bits per heavy atom. The zero-order chi connectivity index (χ0) is 16.8. The first-order valence-corrected chi connectivity index (χ1v) is 8.33. The highest BCUT2D eigenvalue weighted by Crippen LogP contribution is 2.23. The van der Waals surface area contributed by atoms with Crippen LogP contribution in [0.5, 0.6) is 0 Å². The lowest BCUT2D eigenvalue weighted by atomic mass is 9.95. The number of rotatable bonds is 5. The van der Waals surface area contributed by atoms with Gasteiger partial charge in [-0.25, -0.2) is 4.39 Å². The molecule has 0 saturated heterocycles. The molecule has 2 nitrogen and oxygen atoms in total. The number of anilines is 1. The zero-order valence-electron chi connectivity index (χ0n) is 13.8. The third-order valence-corrected chi connectivity index (χ3v) is 4.04. The highest BCUT2D eigenvalue weighted by Gasteiger charge is 2.17. The predicted molar refractivity (Wildman–Crippen MR) is 99.2 cm³/mol. The van der Waals surface area contributed by atoms with E-state index in [9.17, 15) is 4.39 Å². The van der Waals surface area contributed by atoms with E-state index in [1.165, 1.54) is 17.2 Å². The summed E-state index contributed by atoms with van der Waals surface area (Å²) in [6.45, 7) is 6.41. The van der Waals surface area contributed by atoms with Crippen molar-refractivity contribution in [1.82, 2.24) is 5.32 Å². The van der Waals surface area contributed by atoms with Gasteiger partial charge in [0.1, 0.15) is 5.82 Å². The molecule has 2 aromatic carbocycles. The van der Waals surface area contributed by atoms with Gasteiger partial charge in [0, 0.05) is 0 Å². The van der Waals surface area contributed by atoms with E-state index in [1.807, 2.05) is 0 Å². The highest BCUT2D eigenvalue weighted by molar-refractivity contribution is 7.80. The monoisotopic (exact) mass is 330 g/mol. The standard InChI is InChI=1S/C19H23FN2S/c1-4-14-9-11-15(12-10-14)18(13(2)3)22-19(23)21-17-8-6-5-7-16(17)20/h5-13,18H,4H2,1-3H3,(H2,21,22,23)/t18-/m1/s1. The number of para-hydroxylation sites is 1. The number of nitrogens with one attached hydrogen (secondary N) is 2. The van der Waals surface area contributed by atoms with Gasteiger partial charge >= 0.3 is 0 Å². The number of halogens is 1. The fraction of sp³-hybridized carbons (Fsp3) is 0.316. The van der Waals surface area contributed by atoms with E-state index >= 15 is 0 Å². The van der Waals surface area contributed by atoms with Gasteiger partial charge in [-0.2, -0.15) is 0 Å². The van der Waals surface area contributed by atoms with E-state index < -0.39 is 0 Å². The number of benzene rings is 2. The number of hydrogen-bond acceptors (Lipinski definition) is 1. The van der Waals surface area contributed by atoms with E-state index in [1.54, 1.807) is 18.2 Å². The van der Waals surface area contributed by atoms with Crippen LogP contribution in [0.3, 0.4) is 0 Å². The molecular weight excluding hydrogens is 307 g/mol. The summed E-state index contributed by atoms with van der Waals surface area (Å²) in [5.74, 6) is 0.0351. The minimum atomic E-state index is -0.315. The summed E-state index contributed by atoms with van der Waals surface area (Å²) in [6, 6.07) is 15.1. The second-order valence-corrected chi connectivity index (χ2v) is 6.30. The molecule has 0 saturated carbocycles. The molecule has 1 atom stereocenters. The average Bonchev–Trinajstić information content (AvgIpc) is 2.55. The highest BCUT2D eigenvalue weighted by atomic mass is 32.1. The van der Waals surface area contributed by atoms with Gasteiger partial charge in [0.15, 0.2) is 5.11 Å². The van der Waals surface area contributed by atoms with Crippen LogP contribution in [0, 0.1) is 11.7 Å². The first kappa shape index (κ1) is 17.4.